The van der Waals surface area contributed by atoms with Crippen molar-refractivity contribution in [3.8, 4) is 11.3 Å². The first-order chi connectivity index (χ1) is 7.98. The van der Waals surface area contributed by atoms with Crippen molar-refractivity contribution in [2.24, 2.45) is 0 Å². The average Bonchev–Trinajstić information content (AvgIpc) is 2.28. The number of aromatic nitrogens is 2. The molecule has 0 fully saturated rings. The molecule has 6 heteroatoms. The van der Waals surface area contributed by atoms with Crippen LogP contribution >= 0.6 is 15.9 Å². The standard InChI is InChI=1S/C11H6BrF3N2/c12-10-3-1-2-9(17-10)7-6-16-5-4-8(7)11(13,14)15/h1-6H. The van der Waals surface area contributed by atoms with Gasteiger partial charge in [-0.05, 0) is 34.1 Å². The summed E-state index contributed by atoms with van der Waals surface area (Å²) in [6.45, 7) is 0. The summed E-state index contributed by atoms with van der Waals surface area (Å²) in [5, 5.41) is 0. The number of rotatable bonds is 1. The third-order valence-corrected chi connectivity index (χ3v) is 2.56. The van der Waals surface area contributed by atoms with Crippen LogP contribution in [0.1, 0.15) is 5.56 Å². The average molecular weight is 303 g/mol. The summed E-state index contributed by atoms with van der Waals surface area (Å²) in [5.41, 5.74) is -0.529. The number of alkyl halides is 3. The Balaban J connectivity index is 2.60. The molecule has 0 N–H and O–H groups in total. The van der Waals surface area contributed by atoms with Crippen molar-refractivity contribution in [1.82, 2.24) is 9.97 Å². The topological polar surface area (TPSA) is 25.8 Å². The van der Waals surface area contributed by atoms with Crippen LogP contribution in [0.15, 0.2) is 41.3 Å². The third-order valence-electron chi connectivity index (χ3n) is 2.12. The molecule has 0 saturated carbocycles. The van der Waals surface area contributed by atoms with Crippen molar-refractivity contribution in [2.75, 3.05) is 0 Å². The van der Waals surface area contributed by atoms with Crippen LogP contribution in [-0.4, -0.2) is 9.97 Å². The summed E-state index contributed by atoms with van der Waals surface area (Å²) >= 11 is 3.12. The number of halogens is 4. The summed E-state index contributed by atoms with van der Waals surface area (Å²) in [6.07, 6.45) is -2.13. The van der Waals surface area contributed by atoms with Crippen molar-refractivity contribution in [3.63, 3.8) is 0 Å². The van der Waals surface area contributed by atoms with Crippen LogP contribution in [0.5, 0.6) is 0 Å². The second-order valence-electron chi connectivity index (χ2n) is 3.26. The molecule has 2 heterocycles. The minimum absolute atomic E-state index is 0.0266. The second kappa shape index (κ2) is 4.44. The largest absolute Gasteiger partial charge is 0.417 e. The fourth-order valence-corrected chi connectivity index (χ4v) is 1.75. The zero-order valence-corrected chi connectivity index (χ0v) is 9.96. The van der Waals surface area contributed by atoms with Gasteiger partial charge in [-0.1, -0.05) is 6.07 Å². The molecular formula is C11H6BrF3N2. The van der Waals surface area contributed by atoms with E-state index in [2.05, 4.69) is 25.9 Å². The lowest BCUT2D eigenvalue weighted by Gasteiger charge is -2.11. The molecule has 0 bridgehead atoms. The van der Waals surface area contributed by atoms with Gasteiger partial charge < -0.3 is 0 Å². The molecule has 0 unspecified atom stereocenters. The zero-order chi connectivity index (χ0) is 12.5. The van der Waals surface area contributed by atoms with Crippen molar-refractivity contribution in [1.29, 1.82) is 0 Å². The molecule has 0 aliphatic carbocycles. The molecule has 0 aromatic carbocycles. The first-order valence-corrected chi connectivity index (χ1v) is 5.42. The van der Waals surface area contributed by atoms with Crippen molar-refractivity contribution < 1.29 is 13.2 Å². The Morgan fingerprint density at radius 2 is 1.88 bits per heavy atom. The van der Waals surface area contributed by atoms with Crippen LogP contribution in [0.4, 0.5) is 13.2 Å². The first kappa shape index (κ1) is 12.0. The van der Waals surface area contributed by atoms with E-state index >= 15 is 0 Å². The lowest BCUT2D eigenvalue weighted by Crippen LogP contribution is -2.07. The van der Waals surface area contributed by atoms with Crippen molar-refractivity contribution in [2.45, 2.75) is 6.18 Å². The van der Waals surface area contributed by atoms with E-state index in [1.165, 1.54) is 6.07 Å². The molecule has 0 atom stereocenters. The summed E-state index contributed by atoms with van der Waals surface area (Å²) < 4.78 is 38.8. The Hall–Kier alpha value is -1.43. The van der Waals surface area contributed by atoms with Gasteiger partial charge in [0, 0.05) is 18.0 Å². The molecular weight excluding hydrogens is 297 g/mol. The van der Waals surface area contributed by atoms with Gasteiger partial charge in [-0.2, -0.15) is 13.2 Å². The Morgan fingerprint density at radius 3 is 2.53 bits per heavy atom. The van der Waals surface area contributed by atoms with Gasteiger partial charge in [0.15, 0.2) is 0 Å². The number of nitrogens with zero attached hydrogens (tertiary/aromatic N) is 2. The van der Waals surface area contributed by atoms with E-state index in [9.17, 15) is 13.2 Å². The predicted octanol–water partition coefficient (Wildman–Crippen LogP) is 3.92. The molecule has 2 aromatic rings. The summed E-state index contributed by atoms with van der Waals surface area (Å²) in [4.78, 5) is 7.70. The number of hydrogen-bond donors (Lipinski definition) is 0. The second-order valence-corrected chi connectivity index (χ2v) is 4.08. The predicted molar refractivity (Wildman–Crippen MR) is 60.2 cm³/mol. The van der Waals surface area contributed by atoms with Gasteiger partial charge in [0.2, 0.25) is 0 Å². The molecule has 0 spiro atoms. The summed E-state index contributed by atoms with van der Waals surface area (Å²) in [7, 11) is 0. The highest BCUT2D eigenvalue weighted by atomic mass is 79.9. The van der Waals surface area contributed by atoms with E-state index < -0.39 is 11.7 Å². The highest BCUT2D eigenvalue weighted by molar-refractivity contribution is 9.10. The molecule has 88 valence electrons. The van der Waals surface area contributed by atoms with Gasteiger partial charge in [0.1, 0.15) is 4.60 Å². The minimum atomic E-state index is -4.41. The maximum absolute atomic E-state index is 12.8. The summed E-state index contributed by atoms with van der Waals surface area (Å²) in [5.74, 6) is 0. The van der Waals surface area contributed by atoms with Gasteiger partial charge in [0.25, 0.3) is 0 Å². The van der Waals surface area contributed by atoms with Crippen LogP contribution in [0.3, 0.4) is 0 Å². The molecule has 2 rings (SSSR count). The summed E-state index contributed by atoms with van der Waals surface area (Å²) in [6, 6.07) is 5.72. The quantitative estimate of drug-likeness (QED) is 0.746. The van der Waals surface area contributed by atoms with E-state index in [1.807, 2.05) is 0 Å². The lowest BCUT2D eigenvalue weighted by atomic mass is 10.1. The Labute approximate surface area is 104 Å². The number of pyridine rings is 2. The molecule has 17 heavy (non-hydrogen) atoms. The first-order valence-electron chi connectivity index (χ1n) is 4.62. The molecule has 0 aliphatic heterocycles. The van der Waals surface area contributed by atoms with Crippen LogP contribution in [0.25, 0.3) is 11.3 Å². The number of hydrogen-bond acceptors (Lipinski definition) is 2. The Kier molecular flexibility index (Phi) is 3.15. The van der Waals surface area contributed by atoms with Gasteiger partial charge in [0.05, 0.1) is 11.3 Å². The molecule has 0 aliphatic rings. The molecule has 2 nitrogen and oxygen atoms in total. The van der Waals surface area contributed by atoms with Crippen LogP contribution in [-0.2, 0) is 6.18 Å². The van der Waals surface area contributed by atoms with Gasteiger partial charge in [-0.15, -0.1) is 0 Å². The fourth-order valence-electron chi connectivity index (χ4n) is 1.40. The van der Waals surface area contributed by atoms with E-state index in [0.717, 1.165) is 18.5 Å². The Bertz CT molecular complexity index is 540. The minimum Gasteiger partial charge on any atom is -0.264 e. The molecule has 0 saturated heterocycles. The van der Waals surface area contributed by atoms with E-state index in [4.69, 9.17) is 0 Å². The van der Waals surface area contributed by atoms with Crippen LogP contribution in [0, 0.1) is 0 Å². The fraction of sp³-hybridized carbons (Fsp3) is 0.0909. The van der Waals surface area contributed by atoms with Gasteiger partial charge >= 0.3 is 6.18 Å². The molecule has 0 radical (unpaired) electrons. The van der Waals surface area contributed by atoms with E-state index in [1.54, 1.807) is 12.1 Å². The van der Waals surface area contributed by atoms with Gasteiger partial charge in [-0.25, -0.2) is 4.98 Å². The lowest BCUT2D eigenvalue weighted by molar-refractivity contribution is -0.137. The van der Waals surface area contributed by atoms with Crippen molar-refractivity contribution in [3.05, 3.63) is 46.8 Å². The molecule has 0 amide bonds. The highest BCUT2D eigenvalue weighted by Crippen LogP contribution is 2.35. The van der Waals surface area contributed by atoms with E-state index in [-0.39, 0.29) is 11.3 Å². The monoisotopic (exact) mass is 302 g/mol. The maximum atomic E-state index is 12.8. The third kappa shape index (κ3) is 2.63. The maximum Gasteiger partial charge on any atom is 0.417 e. The zero-order valence-electron chi connectivity index (χ0n) is 8.37. The highest BCUT2D eigenvalue weighted by Gasteiger charge is 2.33. The van der Waals surface area contributed by atoms with Crippen LogP contribution < -0.4 is 0 Å². The SMILES string of the molecule is FC(F)(F)c1ccncc1-c1cccc(Br)n1. The molecule has 2 aromatic heterocycles. The van der Waals surface area contributed by atoms with Crippen LogP contribution in [0.2, 0.25) is 0 Å². The van der Waals surface area contributed by atoms with Crippen molar-refractivity contribution >= 4 is 15.9 Å². The van der Waals surface area contributed by atoms with E-state index in [0.29, 0.717) is 4.60 Å². The smallest absolute Gasteiger partial charge is 0.264 e. The van der Waals surface area contributed by atoms with Gasteiger partial charge in [-0.3, -0.25) is 4.98 Å². The normalized spacial score (nSPS) is 11.5. The Morgan fingerprint density at radius 1 is 1.12 bits per heavy atom.